The molecule has 1 aromatic rings. The SMILES string of the molecule is CC1(C)[C@H]2C[C@H](NS(=O)(=O)c3ccccc3)[C@@H](CC=CCCCC(=O)O)[C@@H]1C2. The van der Waals surface area contributed by atoms with Crippen LogP contribution in [0.2, 0.25) is 0 Å². The number of carbonyl (C=O) groups is 1. The van der Waals surface area contributed by atoms with Crippen LogP contribution in [0.25, 0.3) is 0 Å². The zero-order chi connectivity index (χ0) is 20.4. The molecule has 0 saturated heterocycles. The van der Waals surface area contributed by atoms with Gasteiger partial charge in [0.1, 0.15) is 0 Å². The molecule has 0 aliphatic heterocycles. The lowest BCUT2D eigenvalue weighted by Crippen LogP contribution is -2.61. The van der Waals surface area contributed by atoms with Gasteiger partial charge in [-0.25, -0.2) is 13.1 Å². The predicted octanol–water partition coefficient (Wildman–Crippen LogP) is 4.22. The van der Waals surface area contributed by atoms with Gasteiger partial charge in [0.25, 0.3) is 0 Å². The lowest BCUT2D eigenvalue weighted by Gasteiger charge is -2.62. The van der Waals surface area contributed by atoms with Gasteiger partial charge in [-0.1, -0.05) is 44.2 Å². The van der Waals surface area contributed by atoms with Gasteiger partial charge in [0, 0.05) is 12.5 Å². The zero-order valence-corrected chi connectivity index (χ0v) is 17.5. The molecular formula is C22H31NO4S. The van der Waals surface area contributed by atoms with E-state index in [4.69, 9.17) is 5.11 Å². The summed E-state index contributed by atoms with van der Waals surface area (Å²) in [5, 5.41) is 8.72. The van der Waals surface area contributed by atoms with Gasteiger partial charge in [-0.05, 0) is 67.4 Å². The van der Waals surface area contributed by atoms with Crippen molar-refractivity contribution in [2.45, 2.75) is 63.3 Å². The topological polar surface area (TPSA) is 83.5 Å². The van der Waals surface area contributed by atoms with E-state index in [2.05, 4.69) is 24.6 Å². The molecule has 0 radical (unpaired) electrons. The number of hydrogen-bond acceptors (Lipinski definition) is 3. The van der Waals surface area contributed by atoms with E-state index in [-0.39, 0.29) is 23.8 Å². The highest BCUT2D eigenvalue weighted by Gasteiger charge is 2.57. The molecule has 4 atom stereocenters. The zero-order valence-electron chi connectivity index (χ0n) is 16.7. The summed E-state index contributed by atoms with van der Waals surface area (Å²) in [6, 6.07) is 8.52. The number of fused-ring (bicyclic) bond motifs is 2. The van der Waals surface area contributed by atoms with Crippen LogP contribution in [0.3, 0.4) is 0 Å². The van der Waals surface area contributed by atoms with Crippen LogP contribution in [0, 0.1) is 23.2 Å². The Morgan fingerprint density at radius 3 is 2.57 bits per heavy atom. The van der Waals surface area contributed by atoms with Gasteiger partial charge >= 0.3 is 5.97 Å². The van der Waals surface area contributed by atoms with Gasteiger partial charge in [0.05, 0.1) is 4.90 Å². The minimum atomic E-state index is -3.52. The van der Waals surface area contributed by atoms with Gasteiger partial charge in [-0.2, -0.15) is 0 Å². The Balaban J connectivity index is 1.67. The number of aliphatic carboxylic acids is 1. The molecule has 3 aliphatic rings. The fraction of sp³-hybridized carbons (Fsp3) is 0.591. The van der Waals surface area contributed by atoms with Crippen molar-refractivity contribution in [3.05, 3.63) is 42.5 Å². The van der Waals surface area contributed by atoms with E-state index in [0.717, 1.165) is 19.3 Å². The second-order valence-corrected chi connectivity index (χ2v) is 10.5. The van der Waals surface area contributed by atoms with Crippen molar-refractivity contribution in [2.75, 3.05) is 0 Å². The number of unbranched alkanes of at least 4 members (excludes halogenated alkanes) is 1. The second-order valence-electron chi connectivity index (χ2n) is 8.79. The van der Waals surface area contributed by atoms with Crippen molar-refractivity contribution in [2.24, 2.45) is 23.2 Å². The van der Waals surface area contributed by atoms with Crippen molar-refractivity contribution in [3.63, 3.8) is 0 Å². The Morgan fingerprint density at radius 2 is 1.93 bits per heavy atom. The van der Waals surface area contributed by atoms with Crippen LogP contribution in [0.1, 0.15) is 52.4 Å². The Labute approximate surface area is 168 Å². The molecule has 2 N–H and O–H groups in total. The van der Waals surface area contributed by atoms with E-state index >= 15 is 0 Å². The lowest BCUT2D eigenvalue weighted by atomic mass is 9.44. The lowest BCUT2D eigenvalue weighted by molar-refractivity contribution is -0.137. The summed E-state index contributed by atoms with van der Waals surface area (Å²) in [4.78, 5) is 10.9. The third-order valence-corrected chi connectivity index (χ3v) is 8.32. The monoisotopic (exact) mass is 405 g/mol. The standard InChI is InChI=1S/C22H31NO4S/c1-22(2)16-14-19(22)18(12-8-3-4-9-13-21(24)25)20(15-16)23-28(26,27)17-10-6-5-7-11-17/h3,5-8,10-11,16,18-20,23H,4,9,12-15H2,1-2H3,(H,24,25)/t16-,18+,19+,20+/m1/s1. The summed E-state index contributed by atoms with van der Waals surface area (Å²) >= 11 is 0. The molecule has 0 aromatic heterocycles. The van der Waals surface area contributed by atoms with Crippen molar-refractivity contribution in [3.8, 4) is 0 Å². The Bertz CT molecular complexity index is 816. The van der Waals surface area contributed by atoms with Gasteiger partial charge in [-0.15, -0.1) is 0 Å². The summed E-state index contributed by atoms with van der Waals surface area (Å²) in [6.45, 7) is 4.61. The quantitative estimate of drug-likeness (QED) is 0.476. The third kappa shape index (κ3) is 4.49. The smallest absolute Gasteiger partial charge is 0.303 e. The van der Waals surface area contributed by atoms with E-state index < -0.39 is 16.0 Å². The molecule has 0 amide bonds. The van der Waals surface area contributed by atoms with Crippen LogP contribution in [-0.2, 0) is 14.8 Å². The van der Waals surface area contributed by atoms with Crippen LogP contribution < -0.4 is 4.72 Å². The van der Waals surface area contributed by atoms with Crippen molar-refractivity contribution < 1.29 is 18.3 Å². The molecule has 0 heterocycles. The van der Waals surface area contributed by atoms with Gasteiger partial charge < -0.3 is 5.11 Å². The van der Waals surface area contributed by atoms with Crippen LogP contribution in [0.5, 0.6) is 0 Å². The molecule has 0 unspecified atom stereocenters. The minimum Gasteiger partial charge on any atom is -0.481 e. The Hall–Kier alpha value is -1.66. The fourth-order valence-corrected chi connectivity index (χ4v) is 6.34. The van der Waals surface area contributed by atoms with E-state index in [1.807, 2.05) is 12.1 Å². The number of benzene rings is 1. The average Bonchev–Trinajstić information content (AvgIpc) is 2.65. The van der Waals surface area contributed by atoms with E-state index in [1.165, 1.54) is 6.42 Å². The van der Waals surface area contributed by atoms with E-state index in [1.54, 1.807) is 24.3 Å². The van der Waals surface area contributed by atoms with Gasteiger partial charge in [0.2, 0.25) is 10.0 Å². The van der Waals surface area contributed by atoms with Gasteiger partial charge in [-0.3, -0.25) is 4.79 Å². The minimum absolute atomic E-state index is 0.0503. The summed E-state index contributed by atoms with van der Waals surface area (Å²) < 4.78 is 28.6. The number of allylic oxidation sites excluding steroid dienone is 2. The number of hydrogen-bond donors (Lipinski definition) is 2. The molecule has 6 heteroatoms. The fourth-order valence-electron chi connectivity index (χ4n) is 5.02. The number of nitrogens with one attached hydrogen (secondary N) is 1. The molecule has 3 saturated carbocycles. The Kier molecular flexibility index (Phi) is 6.30. The largest absolute Gasteiger partial charge is 0.481 e. The summed E-state index contributed by atoms with van der Waals surface area (Å²) in [6.07, 6.45) is 8.61. The first-order valence-electron chi connectivity index (χ1n) is 10.2. The highest BCUT2D eigenvalue weighted by molar-refractivity contribution is 7.89. The highest BCUT2D eigenvalue weighted by Crippen LogP contribution is 2.62. The van der Waals surface area contributed by atoms with Crippen LogP contribution in [0.4, 0.5) is 0 Å². The third-order valence-electron chi connectivity index (χ3n) is 6.81. The van der Waals surface area contributed by atoms with Gasteiger partial charge in [0.15, 0.2) is 0 Å². The van der Waals surface area contributed by atoms with Crippen molar-refractivity contribution in [1.82, 2.24) is 4.72 Å². The van der Waals surface area contributed by atoms with Crippen LogP contribution >= 0.6 is 0 Å². The maximum Gasteiger partial charge on any atom is 0.303 e. The maximum atomic E-state index is 12.8. The molecule has 4 rings (SSSR count). The molecule has 2 bridgehead atoms. The second kappa shape index (κ2) is 8.37. The Morgan fingerprint density at radius 1 is 1.21 bits per heavy atom. The van der Waals surface area contributed by atoms with Crippen LogP contribution in [0.15, 0.2) is 47.4 Å². The molecule has 5 nitrogen and oxygen atoms in total. The molecule has 3 fully saturated rings. The number of carboxylic acid groups (broad SMARTS) is 1. The predicted molar refractivity (Wildman–Crippen MR) is 109 cm³/mol. The number of carboxylic acids is 1. The first kappa shape index (κ1) is 21.1. The van der Waals surface area contributed by atoms with Crippen molar-refractivity contribution >= 4 is 16.0 Å². The highest BCUT2D eigenvalue weighted by atomic mass is 32.2. The molecule has 28 heavy (non-hydrogen) atoms. The summed E-state index contributed by atoms with van der Waals surface area (Å²) in [7, 11) is -3.52. The molecular weight excluding hydrogens is 374 g/mol. The first-order valence-corrected chi connectivity index (χ1v) is 11.6. The summed E-state index contributed by atoms with van der Waals surface area (Å²) in [5.41, 5.74) is 0.260. The first-order chi connectivity index (χ1) is 13.2. The molecule has 1 aromatic carbocycles. The molecule has 3 aliphatic carbocycles. The van der Waals surface area contributed by atoms with Crippen LogP contribution in [-0.4, -0.2) is 25.5 Å². The van der Waals surface area contributed by atoms with E-state index in [9.17, 15) is 13.2 Å². The molecule has 0 spiro atoms. The number of rotatable bonds is 9. The normalized spacial score (nSPS) is 28.8. The number of sulfonamides is 1. The van der Waals surface area contributed by atoms with E-state index in [0.29, 0.717) is 23.2 Å². The molecule has 154 valence electrons. The average molecular weight is 406 g/mol. The summed E-state index contributed by atoms with van der Waals surface area (Å²) in [5.74, 6) is 0.586. The van der Waals surface area contributed by atoms with Crippen molar-refractivity contribution in [1.29, 1.82) is 0 Å². The maximum absolute atomic E-state index is 12.8.